The normalized spacial score (nSPS) is 11.1. The number of carbonyl (C=O) groups excluding carboxylic acids is 1. The summed E-state index contributed by atoms with van der Waals surface area (Å²) >= 11 is 0. The van der Waals surface area contributed by atoms with E-state index in [9.17, 15) is 10.1 Å². The molecule has 0 aliphatic carbocycles. The first-order valence-corrected chi connectivity index (χ1v) is 8.59. The number of ether oxygens (including phenoxy) is 1. The highest BCUT2D eigenvalue weighted by Gasteiger charge is 2.12. The molecule has 0 aromatic heterocycles. The molecule has 1 N–H and O–H groups in total. The summed E-state index contributed by atoms with van der Waals surface area (Å²) in [6, 6.07) is 19.2. The van der Waals surface area contributed by atoms with Crippen LogP contribution < -0.4 is 10.1 Å². The monoisotopic (exact) mass is 356 g/mol. The first-order valence-electron chi connectivity index (χ1n) is 8.59. The predicted octanol–water partition coefficient (Wildman–Crippen LogP) is 5.01. The number of benzene rings is 3. The number of nitrogens with one attached hydrogen (secondary N) is 1. The summed E-state index contributed by atoms with van der Waals surface area (Å²) in [5, 5.41) is 14.2. The lowest BCUT2D eigenvalue weighted by atomic mass is 10.0. The molecule has 0 spiro atoms. The minimum absolute atomic E-state index is 0.0466. The molecule has 0 fully saturated rings. The molecule has 0 bridgehead atoms. The fourth-order valence-electron chi connectivity index (χ4n) is 3.05. The van der Waals surface area contributed by atoms with Gasteiger partial charge >= 0.3 is 0 Å². The Balaban J connectivity index is 1.98. The van der Waals surface area contributed by atoms with Crippen LogP contribution in [0.5, 0.6) is 5.75 Å². The molecule has 0 radical (unpaired) electrons. The topological polar surface area (TPSA) is 62.1 Å². The largest absolute Gasteiger partial charge is 0.496 e. The summed E-state index contributed by atoms with van der Waals surface area (Å²) in [6.07, 6.45) is 1.61. The van der Waals surface area contributed by atoms with Crippen molar-refractivity contribution < 1.29 is 9.53 Å². The number of fused-ring (bicyclic) bond motifs is 1. The smallest absolute Gasteiger partial charge is 0.266 e. The number of amides is 1. The Hall–Kier alpha value is -3.58. The number of nitriles is 1. The molecule has 134 valence electrons. The summed E-state index contributed by atoms with van der Waals surface area (Å²) in [5.41, 5.74) is 3.61. The molecule has 4 heteroatoms. The van der Waals surface area contributed by atoms with E-state index in [1.54, 1.807) is 13.2 Å². The highest BCUT2D eigenvalue weighted by Crippen LogP contribution is 2.29. The standard InChI is InChI=1S/C23H20N2O2/c1-15-8-10-21(16(2)12-15)25-23(26)18(14-24)13-17-9-11-22(27-3)20-7-5-4-6-19(17)20/h4-13H,1-3H3,(H,25,26)/b18-13+. The van der Waals surface area contributed by atoms with Gasteiger partial charge in [-0.2, -0.15) is 5.26 Å². The predicted molar refractivity (Wildman–Crippen MR) is 109 cm³/mol. The second-order valence-electron chi connectivity index (χ2n) is 6.34. The van der Waals surface area contributed by atoms with Gasteiger partial charge < -0.3 is 10.1 Å². The molecule has 3 rings (SSSR count). The van der Waals surface area contributed by atoms with E-state index in [1.807, 2.05) is 74.5 Å². The van der Waals surface area contributed by atoms with Gasteiger partial charge in [0.15, 0.2) is 0 Å². The molecular weight excluding hydrogens is 336 g/mol. The molecule has 0 unspecified atom stereocenters. The second-order valence-corrected chi connectivity index (χ2v) is 6.34. The SMILES string of the molecule is COc1ccc(/C=C(\C#N)C(=O)Nc2ccc(C)cc2C)c2ccccc12. The van der Waals surface area contributed by atoms with E-state index in [1.165, 1.54) is 0 Å². The lowest BCUT2D eigenvalue weighted by molar-refractivity contribution is -0.112. The van der Waals surface area contributed by atoms with Gasteiger partial charge in [-0.25, -0.2) is 0 Å². The lowest BCUT2D eigenvalue weighted by Gasteiger charge is -2.10. The maximum atomic E-state index is 12.6. The van der Waals surface area contributed by atoms with Crippen LogP contribution >= 0.6 is 0 Å². The van der Waals surface area contributed by atoms with Crippen molar-refractivity contribution in [3.05, 3.63) is 76.9 Å². The van der Waals surface area contributed by atoms with Gasteiger partial charge in [0.2, 0.25) is 0 Å². The van der Waals surface area contributed by atoms with Crippen LogP contribution in [0, 0.1) is 25.2 Å². The van der Waals surface area contributed by atoms with Crippen LogP contribution in [0.3, 0.4) is 0 Å². The number of aryl methyl sites for hydroxylation is 2. The summed E-state index contributed by atoms with van der Waals surface area (Å²) in [6.45, 7) is 3.92. The van der Waals surface area contributed by atoms with Gasteiger partial charge in [0.25, 0.3) is 5.91 Å². The number of hydrogen-bond acceptors (Lipinski definition) is 3. The van der Waals surface area contributed by atoms with Crippen molar-refractivity contribution in [3.8, 4) is 11.8 Å². The Morgan fingerprint density at radius 1 is 1.07 bits per heavy atom. The maximum Gasteiger partial charge on any atom is 0.266 e. The first-order chi connectivity index (χ1) is 13.0. The van der Waals surface area contributed by atoms with E-state index in [0.29, 0.717) is 5.69 Å². The van der Waals surface area contributed by atoms with E-state index in [4.69, 9.17) is 4.74 Å². The summed E-state index contributed by atoms with van der Waals surface area (Å²) in [5.74, 6) is 0.324. The zero-order valence-electron chi connectivity index (χ0n) is 15.5. The van der Waals surface area contributed by atoms with Crippen molar-refractivity contribution in [2.75, 3.05) is 12.4 Å². The van der Waals surface area contributed by atoms with Gasteiger partial charge in [-0.15, -0.1) is 0 Å². The molecule has 0 atom stereocenters. The number of rotatable bonds is 4. The number of carbonyl (C=O) groups is 1. The van der Waals surface area contributed by atoms with Crippen LogP contribution in [0.15, 0.2) is 60.2 Å². The fraction of sp³-hybridized carbons (Fsp3) is 0.130. The lowest BCUT2D eigenvalue weighted by Crippen LogP contribution is -2.14. The Bertz CT molecular complexity index is 1090. The highest BCUT2D eigenvalue weighted by atomic mass is 16.5. The number of anilines is 1. The fourth-order valence-corrected chi connectivity index (χ4v) is 3.05. The van der Waals surface area contributed by atoms with Crippen molar-refractivity contribution in [3.63, 3.8) is 0 Å². The van der Waals surface area contributed by atoms with Crippen LogP contribution in [0.4, 0.5) is 5.69 Å². The molecule has 0 aliphatic rings. The van der Waals surface area contributed by atoms with E-state index >= 15 is 0 Å². The minimum atomic E-state index is -0.427. The average molecular weight is 356 g/mol. The Morgan fingerprint density at radius 2 is 1.81 bits per heavy atom. The minimum Gasteiger partial charge on any atom is -0.496 e. The Morgan fingerprint density at radius 3 is 2.48 bits per heavy atom. The summed E-state index contributed by atoms with van der Waals surface area (Å²) < 4.78 is 5.40. The first kappa shape index (κ1) is 18.2. The molecule has 27 heavy (non-hydrogen) atoms. The molecular formula is C23H20N2O2. The summed E-state index contributed by atoms with van der Waals surface area (Å²) in [7, 11) is 1.62. The van der Waals surface area contributed by atoms with E-state index in [2.05, 4.69) is 5.32 Å². The van der Waals surface area contributed by atoms with Gasteiger partial charge in [-0.05, 0) is 48.6 Å². The third-order valence-corrected chi connectivity index (χ3v) is 4.43. The van der Waals surface area contributed by atoms with E-state index in [-0.39, 0.29) is 5.57 Å². The van der Waals surface area contributed by atoms with E-state index < -0.39 is 5.91 Å². The van der Waals surface area contributed by atoms with Crippen molar-refractivity contribution in [1.29, 1.82) is 5.26 Å². The number of hydrogen-bond donors (Lipinski definition) is 1. The molecule has 3 aromatic carbocycles. The Labute approximate surface area is 158 Å². The molecule has 1 amide bonds. The van der Waals surface area contributed by atoms with E-state index in [0.717, 1.165) is 33.2 Å². The summed E-state index contributed by atoms with van der Waals surface area (Å²) in [4.78, 5) is 12.6. The van der Waals surface area contributed by atoms with Gasteiger partial charge in [-0.3, -0.25) is 4.79 Å². The van der Waals surface area contributed by atoms with Gasteiger partial charge in [0, 0.05) is 11.1 Å². The number of methoxy groups -OCH3 is 1. The van der Waals surface area contributed by atoms with Gasteiger partial charge in [-0.1, -0.05) is 48.0 Å². The number of nitrogens with zero attached hydrogens (tertiary/aromatic N) is 1. The molecule has 0 saturated heterocycles. The quantitative estimate of drug-likeness (QED) is 0.528. The van der Waals surface area contributed by atoms with Gasteiger partial charge in [0.05, 0.1) is 7.11 Å². The highest BCUT2D eigenvalue weighted by molar-refractivity contribution is 6.11. The van der Waals surface area contributed by atoms with Crippen LogP contribution in [0.1, 0.15) is 16.7 Å². The van der Waals surface area contributed by atoms with Crippen molar-refractivity contribution >= 4 is 28.4 Å². The Kier molecular flexibility index (Phi) is 5.23. The van der Waals surface area contributed by atoms with Crippen LogP contribution in [-0.2, 0) is 4.79 Å². The molecule has 0 aliphatic heterocycles. The third kappa shape index (κ3) is 3.83. The molecule has 3 aromatic rings. The molecule has 0 saturated carbocycles. The van der Waals surface area contributed by atoms with Crippen LogP contribution in [0.25, 0.3) is 16.8 Å². The third-order valence-electron chi connectivity index (χ3n) is 4.43. The average Bonchev–Trinajstić information content (AvgIpc) is 2.68. The van der Waals surface area contributed by atoms with Crippen molar-refractivity contribution in [2.45, 2.75) is 13.8 Å². The zero-order valence-corrected chi connectivity index (χ0v) is 15.5. The molecule has 0 heterocycles. The second kappa shape index (κ2) is 7.76. The molecule has 4 nitrogen and oxygen atoms in total. The van der Waals surface area contributed by atoms with Crippen molar-refractivity contribution in [2.24, 2.45) is 0 Å². The van der Waals surface area contributed by atoms with Crippen LogP contribution in [0.2, 0.25) is 0 Å². The van der Waals surface area contributed by atoms with Gasteiger partial charge in [0.1, 0.15) is 17.4 Å². The maximum absolute atomic E-state index is 12.6. The van der Waals surface area contributed by atoms with Crippen molar-refractivity contribution in [1.82, 2.24) is 0 Å². The van der Waals surface area contributed by atoms with Crippen LogP contribution in [-0.4, -0.2) is 13.0 Å². The zero-order chi connectivity index (χ0) is 19.4.